The Balaban J connectivity index is 0.00000370. The maximum atomic E-state index is 13.8. The maximum Gasteiger partial charge on any atom is 0.284 e. The van der Waals surface area contributed by atoms with Gasteiger partial charge in [-0.15, -0.1) is 0 Å². The number of aliphatic hydroxyl groups is 1. The van der Waals surface area contributed by atoms with E-state index in [1.165, 1.54) is 12.5 Å². The van der Waals surface area contributed by atoms with Crippen molar-refractivity contribution in [2.45, 2.75) is 89.8 Å². The number of anilines is 2. The van der Waals surface area contributed by atoms with Crippen molar-refractivity contribution < 1.29 is 24.5 Å². The van der Waals surface area contributed by atoms with Crippen LogP contribution in [0, 0.1) is 11.8 Å². The predicted octanol–water partition coefficient (Wildman–Crippen LogP) is 6.47. The van der Waals surface area contributed by atoms with Gasteiger partial charge in [-0.25, -0.2) is 18.7 Å². The number of aliphatic hydroxyl groups excluding tert-OH is 1. The number of rotatable bonds is 8. The maximum absolute atomic E-state index is 13.8. The van der Waals surface area contributed by atoms with Crippen LogP contribution in [0.1, 0.15) is 95.3 Å². The van der Waals surface area contributed by atoms with Gasteiger partial charge in [-0.05, 0) is 62.5 Å². The van der Waals surface area contributed by atoms with E-state index in [1.54, 1.807) is 23.0 Å². The lowest BCUT2D eigenvalue weighted by Crippen LogP contribution is -2.36. The number of halogens is 2. The Hall–Kier alpha value is -3.34. The molecular weight excluding hydrogens is 506 g/mol. The first-order valence-electron chi connectivity index (χ1n) is 13.8. The number of oxazole rings is 1. The summed E-state index contributed by atoms with van der Waals surface area (Å²) in [5.74, 6) is 1.34. The molecule has 2 atom stereocenters. The van der Waals surface area contributed by atoms with Crippen LogP contribution in [-0.2, 0) is 0 Å². The zero-order valence-corrected chi connectivity index (χ0v) is 22.3. The fourth-order valence-electron chi connectivity index (χ4n) is 5.69. The van der Waals surface area contributed by atoms with Crippen LogP contribution in [0.15, 0.2) is 35.2 Å². The van der Waals surface area contributed by atoms with Crippen LogP contribution in [-0.4, -0.2) is 42.9 Å². The summed E-state index contributed by atoms with van der Waals surface area (Å²) in [5.41, 5.74) is 0.0825. The molecule has 0 spiro atoms. The minimum Gasteiger partial charge on any atom is -0.444 e. The van der Waals surface area contributed by atoms with E-state index in [0.29, 0.717) is 23.2 Å². The van der Waals surface area contributed by atoms with E-state index in [0.717, 1.165) is 51.4 Å². The Morgan fingerprint density at radius 3 is 2.67 bits per heavy atom. The molecule has 0 unspecified atom stereocenters. The molecule has 0 aromatic carbocycles. The molecule has 3 N–H and O–H groups in total. The van der Waals surface area contributed by atoms with E-state index in [9.17, 15) is 18.7 Å². The Bertz CT molecular complexity index is 1270. The van der Waals surface area contributed by atoms with Gasteiger partial charge in [0.2, 0.25) is 5.89 Å². The lowest BCUT2D eigenvalue weighted by Gasteiger charge is -2.30. The lowest BCUT2D eigenvalue weighted by atomic mass is 9.80. The summed E-state index contributed by atoms with van der Waals surface area (Å²) in [7, 11) is 0. The molecule has 2 aliphatic carbocycles. The van der Waals surface area contributed by atoms with E-state index in [4.69, 9.17) is 4.42 Å². The van der Waals surface area contributed by atoms with E-state index in [1.807, 2.05) is 0 Å². The van der Waals surface area contributed by atoms with Gasteiger partial charge in [0.1, 0.15) is 12.1 Å². The highest BCUT2D eigenvalue weighted by atomic mass is 19.3. The number of alkyl halides is 2. The molecule has 0 radical (unpaired) electrons. The molecule has 1 amide bonds. The number of nitrogens with one attached hydrogen (secondary N) is 2. The first-order valence-corrected chi connectivity index (χ1v) is 13.8. The highest BCUT2D eigenvalue weighted by Gasteiger charge is 2.28. The molecule has 39 heavy (non-hydrogen) atoms. The number of carbonyl (C=O) groups excluding carboxylic acids is 1. The molecule has 2 fully saturated rings. The monoisotopic (exact) mass is 544 g/mol. The first-order chi connectivity index (χ1) is 18.8. The van der Waals surface area contributed by atoms with Gasteiger partial charge in [0, 0.05) is 19.4 Å². The van der Waals surface area contributed by atoms with Crippen molar-refractivity contribution in [2.24, 2.45) is 11.8 Å². The Labute approximate surface area is 227 Å². The molecule has 0 aliphatic heterocycles. The normalized spacial score (nSPS) is 23.8. The van der Waals surface area contributed by atoms with E-state index in [2.05, 4.69) is 39.5 Å². The summed E-state index contributed by atoms with van der Waals surface area (Å²) >= 11 is 0. The van der Waals surface area contributed by atoms with Gasteiger partial charge in [-0.3, -0.25) is 9.48 Å². The summed E-state index contributed by atoms with van der Waals surface area (Å²) in [6, 6.07) is 3.39. The molecule has 11 heteroatoms. The molecule has 2 saturated carbocycles. The van der Waals surface area contributed by atoms with Crippen LogP contribution in [0.5, 0.6) is 0 Å². The predicted molar refractivity (Wildman–Crippen MR) is 145 cm³/mol. The third-order valence-electron chi connectivity index (χ3n) is 8.08. The third-order valence-corrected chi connectivity index (χ3v) is 8.08. The van der Waals surface area contributed by atoms with Crippen molar-refractivity contribution in [1.82, 2.24) is 19.7 Å². The second-order valence-electron chi connectivity index (χ2n) is 11.0. The van der Waals surface area contributed by atoms with Gasteiger partial charge in [-0.2, -0.15) is 5.10 Å². The van der Waals surface area contributed by atoms with Crippen molar-refractivity contribution in [3.05, 3.63) is 42.2 Å². The van der Waals surface area contributed by atoms with Crippen LogP contribution in [0.4, 0.5) is 20.3 Å². The van der Waals surface area contributed by atoms with Gasteiger partial charge in [-0.1, -0.05) is 26.7 Å². The zero-order valence-electron chi connectivity index (χ0n) is 22.3. The number of aromatic nitrogens is 4. The number of amides is 1. The van der Waals surface area contributed by atoms with Crippen LogP contribution in [0.25, 0.3) is 11.5 Å². The average Bonchev–Trinajstić information content (AvgIpc) is 3.59. The molecule has 2 aliphatic rings. The zero-order chi connectivity index (χ0) is 27.5. The Morgan fingerprint density at radius 2 is 1.95 bits per heavy atom. The van der Waals surface area contributed by atoms with Crippen LogP contribution >= 0.6 is 0 Å². The molecule has 0 bridgehead atoms. The minimum atomic E-state index is -2.83. The molecular formula is C28H38F2N6O3. The van der Waals surface area contributed by atoms with Crippen LogP contribution in [0.2, 0.25) is 0 Å². The number of hydrogen-bond donors (Lipinski definition) is 3. The SMILES string of the molecule is CC(C)C1CCC(n2cc(NC(=O)c3coc(-c4ccnc(N[C@@H]5CCCC[C@@H]5O)c4)n3)c(C(F)F)n2)CC1.[HH]. The largest absolute Gasteiger partial charge is 0.444 e. The van der Waals surface area contributed by atoms with Gasteiger partial charge >= 0.3 is 0 Å². The number of hydrogen-bond acceptors (Lipinski definition) is 7. The molecule has 3 aromatic heterocycles. The van der Waals surface area contributed by atoms with Crippen LogP contribution in [0.3, 0.4) is 0 Å². The molecule has 5 rings (SSSR count). The number of pyridine rings is 1. The molecule has 9 nitrogen and oxygen atoms in total. The van der Waals surface area contributed by atoms with E-state index >= 15 is 0 Å². The lowest BCUT2D eigenvalue weighted by molar-refractivity contribution is 0.102. The second kappa shape index (κ2) is 11.8. The minimum absolute atomic E-state index is 0. The smallest absolute Gasteiger partial charge is 0.284 e. The summed E-state index contributed by atoms with van der Waals surface area (Å²) in [4.78, 5) is 21.5. The number of carbonyl (C=O) groups is 1. The van der Waals surface area contributed by atoms with Crippen molar-refractivity contribution in [2.75, 3.05) is 10.6 Å². The summed E-state index contributed by atoms with van der Waals surface area (Å²) in [6.45, 7) is 4.42. The molecule has 212 valence electrons. The van der Waals surface area contributed by atoms with Crippen molar-refractivity contribution in [1.29, 1.82) is 0 Å². The molecule has 0 saturated heterocycles. The highest BCUT2D eigenvalue weighted by Crippen LogP contribution is 2.37. The van der Waals surface area contributed by atoms with E-state index < -0.39 is 24.1 Å². The van der Waals surface area contributed by atoms with Gasteiger partial charge < -0.3 is 20.2 Å². The van der Waals surface area contributed by atoms with Crippen LogP contribution < -0.4 is 10.6 Å². The summed E-state index contributed by atoms with van der Waals surface area (Å²) < 4.78 is 34.7. The fraction of sp³-hybridized carbons (Fsp3) is 0.571. The standard InChI is InChI=1S/C28H36F2N6O3.H2/c1-16(2)17-7-9-19(10-8-17)36-14-21(25(35-36)26(29)30)33-27(38)22-15-39-28(34-22)18-11-12-31-24(13-18)32-20-5-3-4-6-23(20)37;/h11-17,19-20,23,26,37H,3-10H2,1-2H3,(H,31,32)(H,33,38);1H/t17?,19?,20-,23+;/m1./s1. The van der Waals surface area contributed by atoms with E-state index in [-0.39, 0.29) is 30.8 Å². The quantitative estimate of drug-likeness (QED) is 0.297. The van der Waals surface area contributed by atoms with Gasteiger partial charge in [0.15, 0.2) is 11.4 Å². The summed E-state index contributed by atoms with van der Waals surface area (Å²) in [6.07, 6.45) is 8.49. The third kappa shape index (κ3) is 6.29. The fourth-order valence-corrected chi connectivity index (χ4v) is 5.69. The topological polar surface area (TPSA) is 118 Å². The summed E-state index contributed by atoms with van der Waals surface area (Å²) in [5, 5.41) is 20.2. The second-order valence-corrected chi connectivity index (χ2v) is 11.0. The van der Waals surface area contributed by atoms with Gasteiger partial charge in [0.25, 0.3) is 12.3 Å². The van der Waals surface area contributed by atoms with Crippen molar-refractivity contribution in [3.63, 3.8) is 0 Å². The van der Waals surface area contributed by atoms with Crippen molar-refractivity contribution in [3.8, 4) is 11.5 Å². The van der Waals surface area contributed by atoms with Crippen molar-refractivity contribution >= 4 is 17.4 Å². The average molecular weight is 545 g/mol. The Kier molecular flexibility index (Phi) is 8.25. The molecule has 3 aromatic rings. The van der Waals surface area contributed by atoms with Gasteiger partial charge in [0.05, 0.1) is 23.9 Å². The highest BCUT2D eigenvalue weighted by molar-refractivity contribution is 6.03. The molecule has 3 heterocycles. The first kappa shape index (κ1) is 27.2. The number of nitrogens with zero attached hydrogens (tertiary/aromatic N) is 4. The Morgan fingerprint density at radius 1 is 1.18 bits per heavy atom.